The monoisotopic (exact) mass is 186 g/mol. The van der Waals surface area contributed by atoms with E-state index in [1.165, 1.54) is 5.56 Å². The average molecular weight is 186 g/mol. The third-order valence-corrected chi connectivity index (χ3v) is 2.75. The summed E-state index contributed by atoms with van der Waals surface area (Å²) in [7, 11) is 0. The number of ether oxygens (including phenoxy) is 1. The van der Waals surface area contributed by atoms with E-state index in [1.54, 1.807) is 0 Å². The zero-order valence-electron chi connectivity index (χ0n) is 8.63. The number of hydrogen-bond acceptors (Lipinski definition) is 1. The van der Waals surface area contributed by atoms with Gasteiger partial charge in [0, 0.05) is 12.0 Å². The fraction of sp³-hybridized carbons (Fsp3) is 0.385. The molecular weight excluding hydrogens is 172 g/mol. The topological polar surface area (TPSA) is 9.23 Å². The van der Waals surface area contributed by atoms with Crippen molar-refractivity contribution in [2.24, 2.45) is 0 Å². The maximum atomic E-state index is 5.62. The first-order valence-electron chi connectivity index (χ1n) is 4.88. The molecule has 0 unspecified atom stereocenters. The van der Waals surface area contributed by atoms with Crippen molar-refractivity contribution >= 4 is 0 Å². The first kappa shape index (κ1) is 9.15. The Labute approximate surface area is 85.1 Å². The molecule has 0 radical (unpaired) electrons. The second-order valence-electron chi connectivity index (χ2n) is 4.16. The molecule has 0 spiro atoms. The summed E-state index contributed by atoms with van der Waals surface area (Å²) in [6.07, 6.45) is 6.53. The van der Waals surface area contributed by atoms with Crippen LogP contribution in [0.2, 0.25) is 0 Å². The van der Waals surface area contributed by atoms with Crippen LogP contribution in [0, 0.1) is 12.3 Å². The van der Waals surface area contributed by atoms with Crippen LogP contribution < -0.4 is 4.74 Å². The lowest BCUT2D eigenvalue weighted by molar-refractivity contribution is 0.349. The summed E-state index contributed by atoms with van der Waals surface area (Å²) in [4.78, 5) is 0. The van der Waals surface area contributed by atoms with E-state index in [0.717, 1.165) is 24.3 Å². The lowest BCUT2D eigenvalue weighted by Gasteiger charge is -2.20. The van der Waals surface area contributed by atoms with Gasteiger partial charge in [-0.05, 0) is 19.4 Å². The Kier molecular flexibility index (Phi) is 2.00. The smallest absolute Gasteiger partial charge is 0.127 e. The highest BCUT2D eigenvalue weighted by molar-refractivity contribution is 5.50. The van der Waals surface area contributed by atoms with Crippen LogP contribution in [-0.4, -0.2) is 6.61 Å². The van der Waals surface area contributed by atoms with Crippen LogP contribution in [-0.2, 0) is 11.8 Å². The van der Waals surface area contributed by atoms with Crippen molar-refractivity contribution in [3.8, 4) is 18.1 Å². The molecule has 1 nitrogen and oxygen atoms in total. The lowest BCUT2D eigenvalue weighted by atomic mass is 9.84. The molecule has 1 heteroatoms. The van der Waals surface area contributed by atoms with Gasteiger partial charge >= 0.3 is 0 Å². The Hall–Kier alpha value is -1.42. The van der Waals surface area contributed by atoms with Gasteiger partial charge in [0.2, 0.25) is 0 Å². The molecule has 2 rings (SSSR count). The largest absolute Gasteiger partial charge is 0.493 e. The van der Waals surface area contributed by atoms with Crippen molar-refractivity contribution in [2.75, 3.05) is 6.61 Å². The second-order valence-corrected chi connectivity index (χ2v) is 4.16. The van der Waals surface area contributed by atoms with E-state index < -0.39 is 0 Å². The average Bonchev–Trinajstić information content (AvgIpc) is 2.64. The van der Waals surface area contributed by atoms with Crippen LogP contribution in [0.1, 0.15) is 25.0 Å². The maximum absolute atomic E-state index is 5.62. The molecule has 1 aliphatic heterocycles. The zero-order chi connectivity index (χ0) is 10.2. The molecular formula is C13H14O. The third-order valence-electron chi connectivity index (χ3n) is 2.75. The Morgan fingerprint density at radius 2 is 2.21 bits per heavy atom. The standard InChI is InChI=1S/C13H14O/c1-4-13(2,3)11-7-5-6-10-8-9-14-12(10)11/h1,5-7H,8-9H2,2-3H3. The van der Waals surface area contributed by atoms with Gasteiger partial charge < -0.3 is 4.74 Å². The zero-order valence-corrected chi connectivity index (χ0v) is 8.63. The number of fused-ring (bicyclic) bond motifs is 1. The fourth-order valence-corrected chi connectivity index (χ4v) is 1.79. The van der Waals surface area contributed by atoms with Crippen molar-refractivity contribution in [2.45, 2.75) is 25.7 Å². The van der Waals surface area contributed by atoms with E-state index in [4.69, 9.17) is 11.2 Å². The molecule has 0 N–H and O–H groups in total. The van der Waals surface area contributed by atoms with E-state index in [9.17, 15) is 0 Å². The van der Waals surface area contributed by atoms with Gasteiger partial charge in [-0.25, -0.2) is 0 Å². The summed E-state index contributed by atoms with van der Waals surface area (Å²) in [5.74, 6) is 3.82. The highest BCUT2D eigenvalue weighted by atomic mass is 16.5. The highest BCUT2D eigenvalue weighted by Gasteiger charge is 2.25. The summed E-state index contributed by atoms with van der Waals surface area (Å²) in [6, 6.07) is 6.23. The van der Waals surface area contributed by atoms with Gasteiger partial charge in [-0.2, -0.15) is 0 Å². The summed E-state index contributed by atoms with van der Waals surface area (Å²) < 4.78 is 5.62. The van der Waals surface area contributed by atoms with Crippen LogP contribution in [0.15, 0.2) is 18.2 Å². The summed E-state index contributed by atoms with van der Waals surface area (Å²) >= 11 is 0. The highest BCUT2D eigenvalue weighted by Crippen LogP contribution is 2.36. The Morgan fingerprint density at radius 3 is 2.93 bits per heavy atom. The van der Waals surface area contributed by atoms with Crippen molar-refractivity contribution in [3.63, 3.8) is 0 Å². The van der Waals surface area contributed by atoms with Crippen LogP contribution in [0.25, 0.3) is 0 Å². The Balaban J connectivity index is 2.56. The molecule has 0 saturated carbocycles. The first-order chi connectivity index (χ1) is 6.65. The molecule has 0 fully saturated rings. The minimum absolute atomic E-state index is 0.240. The number of benzene rings is 1. The predicted octanol–water partition coefficient (Wildman–Crippen LogP) is 2.53. The first-order valence-corrected chi connectivity index (χ1v) is 4.88. The molecule has 0 aromatic heterocycles. The summed E-state index contributed by atoms with van der Waals surface area (Å²) in [6.45, 7) is 4.88. The van der Waals surface area contributed by atoms with Crippen LogP contribution in [0.5, 0.6) is 5.75 Å². The Morgan fingerprint density at radius 1 is 1.43 bits per heavy atom. The fourth-order valence-electron chi connectivity index (χ4n) is 1.79. The predicted molar refractivity (Wildman–Crippen MR) is 57.5 cm³/mol. The van der Waals surface area contributed by atoms with Gasteiger partial charge in [-0.15, -0.1) is 6.42 Å². The molecule has 0 atom stereocenters. The summed E-state index contributed by atoms with van der Waals surface area (Å²) in [5.41, 5.74) is 2.18. The normalized spacial score (nSPS) is 14.4. The molecule has 1 heterocycles. The molecule has 0 bridgehead atoms. The van der Waals surface area contributed by atoms with Gasteiger partial charge in [0.1, 0.15) is 5.75 Å². The lowest BCUT2D eigenvalue weighted by Crippen LogP contribution is -2.14. The van der Waals surface area contributed by atoms with E-state index in [-0.39, 0.29) is 5.41 Å². The van der Waals surface area contributed by atoms with Crippen molar-refractivity contribution < 1.29 is 4.74 Å². The van der Waals surface area contributed by atoms with Crippen LogP contribution in [0.3, 0.4) is 0 Å². The molecule has 0 amide bonds. The minimum atomic E-state index is -0.240. The van der Waals surface area contributed by atoms with Gasteiger partial charge in [0.05, 0.1) is 12.0 Å². The summed E-state index contributed by atoms with van der Waals surface area (Å²) in [5, 5.41) is 0. The molecule has 14 heavy (non-hydrogen) atoms. The molecule has 1 aromatic rings. The van der Waals surface area contributed by atoms with Gasteiger partial charge in [0.25, 0.3) is 0 Å². The van der Waals surface area contributed by atoms with Gasteiger partial charge in [-0.1, -0.05) is 24.1 Å². The van der Waals surface area contributed by atoms with Crippen LogP contribution in [0.4, 0.5) is 0 Å². The number of hydrogen-bond donors (Lipinski definition) is 0. The van der Waals surface area contributed by atoms with Crippen molar-refractivity contribution in [3.05, 3.63) is 29.3 Å². The molecule has 1 aliphatic rings. The van der Waals surface area contributed by atoms with Gasteiger partial charge in [-0.3, -0.25) is 0 Å². The SMILES string of the molecule is C#CC(C)(C)c1cccc2c1OCC2. The molecule has 0 saturated heterocycles. The molecule has 1 aromatic carbocycles. The minimum Gasteiger partial charge on any atom is -0.493 e. The van der Waals surface area contributed by atoms with E-state index >= 15 is 0 Å². The molecule has 72 valence electrons. The number of terminal acetylenes is 1. The molecule has 0 aliphatic carbocycles. The van der Waals surface area contributed by atoms with Crippen LogP contribution >= 0.6 is 0 Å². The van der Waals surface area contributed by atoms with Gasteiger partial charge in [0.15, 0.2) is 0 Å². The Bertz CT molecular complexity index is 396. The maximum Gasteiger partial charge on any atom is 0.127 e. The van der Waals surface area contributed by atoms with E-state index in [0.29, 0.717) is 0 Å². The van der Waals surface area contributed by atoms with Crippen molar-refractivity contribution in [1.82, 2.24) is 0 Å². The van der Waals surface area contributed by atoms with Crippen molar-refractivity contribution in [1.29, 1.82) is 0 Å². The van der Waals surface area contributed by atoms with E-state index in [1.807, 2.05) is 13.8 Å². The second kappa shape index (κ2) is 3.06. The van der Waals surface area contributed by atoms with E-state index in [2.05, 4.69) is 24.1 Å². The third kappa shape index (κ3) is 1.28. The quantitative estimate of drug-likeness (QED) is 0.612. The number of para-hydroxylation sites is 1. The number of rotatable bonds is 1.